The summed E-state index contributed by atoms with van der Waals surface area (Å²) < 4.78 is 6.06. The van der Waals surface area contributed by atoms with Gasteiger partial charge in [0.25, 0.3) is 0 Å². The Hall–Kier alpha value is -2.34. The molecular formula is C16H13BrN2O3. The Labute approximate surface area is 135 Å². The predicted molar refractivity (Wildman–Crippen MR) is 87.0 cm³/mol. The molecule has 0 saturated heterocycles. The van der Waals surface area contributed by atoms with E-state index in [4.69, 9.17) is 9.84 Å². The number of halogens is 1. The van der Waals surface area contributed by atoms with Crippen molar-refractivity contribution in [3.05, 3.63) is 46.9 Å². The molecule has 2 aromatic carbocycles. The molecule has 1 heterocycles. The van der Waals surface area contributed by atoms with E-state index < -0.39 is 12.1 Å². The summed E-state index contributed by atoms with van der Waals surface area (Å²) in [6.07, 6.45) is -0.909. The Morgan fingerprint density at radius 2 is 2.09 bits per heavy atom. The average molecular weight is 361 g/mol. The molecular weight excluding hydrogens is 348 g/mol. The number of carboxylic acid groups (broad SMARTS) is 1. The number of nitrogens with zero attached hydrogens (tertiary/aromatic N) is 1. The molecule has 1 atom stereocenters. The third-order valence-corrected chi connectivity index (χ3v) is 3.87. The molecule has 2 N–H and O–H groups in total. The molecule has 0 spiro atoms. The smallest absolute Gasteiger partial charge is 0.344 e. The molecule has 1 unspecified atom stereocenters. The molecule has 0 bridgehead atoms. The van der Waals surface area contributed by atoms with Crippen LogP contribution in [0.15, 0.2) is 46.9 Å². The third-order valence-electron chi connectivity index (χ3n) is 3.25. The molecule has 6 heteroatoms. The van der Waals surface area contributed by atoms with Crippen molar-refractivity contribution in [3.8, 4) is 17.1 Å². The minimum Gasteiger partial charge on any atom is -0.479 e. The maximum absolute atomic E-state index is 10.8. The molecule has 0 saturated carbocycles. The van der Waals surface area contributed by atoms with Gasteiger partial charge in [-0.1, -0.05) is 12.1 Å². The number of aromatic amines is 1. The van der Waals surface area contributed by atoms with Crippen molar-refractivity contribution in [2.24, 2.45) is 0 Å². The standard InChI is InChI=1S/C16H13BrN2O3/c1-9(16(20)21)22-14-7-6-10(8-11(14)17)15-18-12-4-2-3-5-13(12)19-15/h2-9H,1H3,(H,18,19)(H,20,21). The number of hydrogen-bond donors (Lipinski definition) is 2. The Morgan fingerprint density at radius 1 is 1.32 bits per heavy atom. The summed E-state index contributed by atoms with van der Waals surface area (Å²) in [5, 5.41) is 8.89. The predicted octanol–water partition coefficient (Wildman–Crippen LogP) is 3.84. The highest BCUT2D eigenvalue weighted by Gasteiger charge is 2.15. The quantitative estimate of drug-likeness (QED) is 0.740. The molecule has 3 aromatic rings. The molecule has 0 radical (unpaired) electrons. The van der Waals surface area contributed by atoms with E-state index in [0.717, 1.165) is 22.4 Å². The third kappa shape index (κ3) is 2.82. The number of ether oxygens (including phenoxy) is 1. The largest absolute Gasteiger partial charge is 0.479 e. The number of H-pyrrole nitrogens is 1. The fraction of sp³-hybridized carbons (Fsp3) is 0.125. The van der Waals surface area contributed by atoms with Gasteiger partial charge in [-0.2, -0.15) is 0 Å². The Balaban J connectivity index is 1.92. The van der Waals surface area contributed by atoms with Gasteiger partial charge in [0, 0.05) is 5.56 Å². The van der Waals surface area contributed by atoms with Gasteiger partial charge in [0.05, 0.1) is 15.5 Å². The van der Waals surface area contributed by atoms with Crippen molar-refractivity contribution in [2.75, 3.05) is 0 Å². The molecule has 3 rings (SSSR count). The lowest BCUT2D eigenvalue weighted by atomic mass is 10.2. The number of hydrogen-bond acceptors (Lipinski definition) is 3. The lowest BCUT2D eigenvalue weighted by Gasteiger charge is -2.12. The van der Waals surface area contributed by atoms with Crippen LogP contribution in [0, 0.1) is 0 Å². The molecule has 0 amide bonds. The molecule has 112 valence electrons. The fourth-order valence-corrected chi connectivity index (χ4v) is 2.55. The van der Waals surface area contributed by atoms with Gasteiger partial charge in [-0.05, 0) is 53.2 Å². The monoisotopic (exact) mass is 360 g/mol. The molecule has 5 nitrogen and oxygen atoms in total. The van der Waals surface area contributed by atoms with E-state index >= 15 is 0 Å². The number of rotatable bonds is 4. The number of nitrogens with one attached hydrogen (secondary N) is 1. The zero-order valence-corrected chi connectivity index (χ0v) is 13.3. The first-order valence-corrected chi connectivity index (χ1v) is 7.48. The van der Waals surface area contributed by atoms with E-state index in [1.54, 1.807) is 6.07 Å². The van der Waals surface area contributed by atoms with Crippen LogP contribution in [0.5, 0.6) is 5.75 Å². The van der Waals surface area contributed by atoms with Crippen LogP contribution in [0.4, 0.5) is 0 Å². The second-order valence-electron chi connectivity index (χ2n) is 4.85. The Bertz CT molecular complexity index is 811. The summed E-state index contributed by atoms with van der Waals surface area (Å²) in [6, 6.07) is 13.2. The number of para-hydroxylation sites is 2. The number of fused-ring (bicyclic) bond motifs is 1. The van der Waals surface area contributed by atoms with Gasteiger partial charge < -0.3 is 14.8 Å². The number of aromatic nitrogens is 2. The summed E-state index contributed by atoms with van der Waals surface area (Å²) in [6.45, 7) is 1.49. The van der Waals surface area contributed by atoms with Crippen molar-refractivity contribution in [1.82, 2.24) is 9.97 Å². The Morgan fingerprint density at radius 3 is 2.77 bits per heavy atom. The van der Waals surface area contributed by atoms with Gasteiger partial charge >= 0.3 is 5.97 Å². The van der Waals surface area contributed by atoms with Crippen molar-refractivity contribution >= 4 is 32.9 Å². The SMILES string of the molecule is CC(Oc1ccc(-c2nc3ccccc3[nH]2)cc1Br)C(=O)O. The van der Waals surface area contributed by atoms with E-state index in [0.29, 0.717) is 10.2 Å². The minimum atomic E-state index is -1.01. The molecule has 0 fully saturated rings. The maximum Gasteiger partial charge on any atom is 0.344 e. The van der Waals surface area contributed by atoms with Gasteiger partial charge in [0.15, 0.2) is 6.10 Å². The van der Waals surface area contributed by atoms with Crippen LogP contribution in [0.1, 0.15) is 6.92 Å². The second-order valence-corrected chi connectivity index (χ2v) is 5.70. The van der Waals surface area contributed by atoms with Gasteiger partial charge in [-0.15, -0.1) is 0 Å². The lowest BCUT2D eigenvalue weighted by Crippen LogP contribution is -2.23. The number of benzene rings is 2. The molecule has 0 aliphatic heterocycles. The number of carboxylic acids is 1. The number of aliphatic carboxylic acids is 1. The van der Waals surface area contributed by atoms with E-state index in [1.807, 2.05) is 36.4 Å². The lowest BCUT2D eigenvalue weighted by molar-refractivity contribution is -0.144. The molecule has 22 heavy (non-hydrogen) atoms. The van der Waals surface area contributed by atoms with Crippen LogP contribution in [-0.4, -0.2) is 27.1 Å². The van der Waals surface area contributed by atoms with Crippen LogP contribution in [0.2, 0.25) is 0 Å². The normalized spacial score (nSPS) is 12.3. The summed E-state index contributed by atoms with van der Waals surface area (Å²) in [5.74, 6) is 0.225. The van der Waals surface area contributed by atoms with Gasteiger partial charge in [0.2, 0.25) is 0 Å². The molecule has 0 aliphatic carbocycles. The van der Waals surface area contributed by atoms with Crippen molar-refractivity contribution in [1.29, 1.82) is 0 Å². The second kappa shape index (κ2) is 5.81. The summed E-state index contributed by atoms with van der Waals surface area (Å²) in [7, 11) is 0. The highest BCUT2D eigenvalue weighted by Crippen LogP contribution is 2.31. The fourth-order valence-electron chi connectivity index (χ4n) is 2.07. The van der Waals surface area contributed by atoms with Gasteiger partial charge in [-0.25, -0.2) is 9.78 Å². The Kier molecular flexibility index (Phi) is 3.85. The van der Waals surface area contributed by atoms with Crippen LogP contribution < -0.4 is 4.74 Å². The number of carbonyl (C=O) groups is 1. The van der Waals surface area contributed by atoms with Crippen LogP contribution in [-0.2, 0) is 4.79 Å². The first kappa shape index (κ1) is 14.6. The van der Waals surface area contributed by atoms with Gasteiger partial charge in [0.1, 0.15) is 11.6 Å². The highest BCUT2D eigenvalue weighted by molar-refractivity contribution is 9.10. The zero-order valence-electron chi connectivity index (χ0n) is 11.7. The molecule has 1 aromatic heterocycles. The highest BCUT2D eigenvalue weighted by atomic mass is 79.9. The van der Waals surface area contributed by atoms with Crippen molar-refractivity contribution in [3.63, 3.8) is 0 Å². The molecule has 0 aliphatic rings. The topological polar surface area (TPSA) is 75.2 Å². The summed E-state index contributed by atoms with van der Waals surface area (Å²) >= 11 is 3.41. The van der Waals surface area contributed by atoms with E-state index in [9.17, 15) is 4.79 Å². The van der Waals surface area contributed by atoms with Crippen molar-refractivity contribution < 1.29 is 14.6 Å². The van der Waals surface area contributed by atoms with Crippen LogP contribution in [0.3, 0.4) is 0 Å². The minimum absolute atomic E-state index is 0.481. The van der Waals surface area contributed by atoms with E-state index in [2.05, 4.69) is 25.9 Å². The zero-order chi connectivity index (χ0) is 15.7. The van der Waals surface area contributed by atoms with Crippen molar-refractivity contribution in [2.45, 2.75) is 13.0 Å². The maximum atomic E-state index is 10.8. The van der Waals surface area contributed by atoms with E-state index in [-0.39, 0.29) is 0 Å². The van der Waals surface area contributed by atoms with Gasteiger partial charge in [-0.3, -0.25) is 0 Å². The summed E-state index contributed by atoms with van der Waals surface area (Å²) in [4.78, 5) is 18.6. The first-order valence-electron chi connectivity index (χ1n) is 6.69. The number of imidazole rings is 1. The van der Waals surface area contributed by atoms with Crippen LogP contribution >= 0.6 is 15.9 Å². The van der Waals surface area contributed by atoms with Crippen LogP contribution in [0.25, 0.3) is 22.4 Å². The summed E-state index contributed by atoms with van der Waals surface area (Å²) in [5.41, 5.74) is 2.75. The average Bonchev–Trinajstić information content (AvgIpc) is 2.93. The van der Waals surface area contributed by atoms with E-state index in [1.165, 1.54) is 6.92 Å². The first-order chi connectivity index (χ1) is 10.5.